The zero-order chi connectivity index (χ0) is 12.2. The molecule has 0 radical (unpaired) electrons. The fourth-order valence-corrected chi connectivity index (χ4v) is 2.03. The molecule has 3 N–H and O–H groups in total. The zero-order valence-electron chi connectivity index (χ0n) is 10.4. The Kier molecular flexibility index (Phi) is 4.74. The molecule has 0 saturated heterocycles. The van der Waals surface area contributed by atoms with Crippen LogP contribution in [0.2, 0.25) is 0 Å². The molecule has 1 fully saturated rings. The third kappa shape index (κ3) is 4.10. The van der Waals surface area contributed by atoms with Crippen LogP contribution in [-0.2, 0) is 4.79 Å². The summed E-state index contributed by atoms with van der Waals surface area (Å²) in [5, 5.41) is 8.86. The molecule has 0 aliphatic heterocycles. The second-order valence-corrected chi connectivity index (χ2v) is 5.39. The molecule has 1 atom stereocenters. The lowest BCUT2D eigenvalue weighted by Crippen LogP contribution is -2.45. The summed E-state index contributed by atoms with van der Waals surface area (Å²) in [4.78, 5) is 13.1. The van der Waals surface area contributed by atoms with Gasteiger partial charge in [0.15, 0.2) is 0 Å². The van der Waals surface area contributed by atoms with Crippen molar-refractivity contribution < 1.29 is 9.90 Å². The minimum absolute atomic E-state index is 0.539. The number of hydrogen-bond acceptors (Lipinski definition) is 3. The molecule has 0 aromatic carbocycles. The van der Waals surface area contributed by atoms with Crippen molar-refractivity contribution in [3.05, 3.63) is 0 Å². The van der Waals surface area contributed by atoms with E-state index in [0.29, 0.717) is 6.42 Å². The van der Waals surface area contributed by atoms with Gasteiger partial charge in [-0.15, -0.1) is 0 Å². The molecule has 0 spiro atoms. The zero-order valence-corrected chi connectivity index (χ0v) is 10.4. The van der Waals surface area contributed by atoms with Crippen molar-refractivity contribution in [3.63, 3.8) is 0 Å². The van der Waals surface area contributed by atoms with Crippen molar-refractivity contribution in [1.29, 1.82) is 0 Å². The molecular formula is C12H24N2O2. The number of carboxylic acid groups (broad SMARTS) is 1. The van der Waals surface area contributed by atoms with Crippen molar-refractivity contribution in [3.8, 4) is 0 Å². The standard InChI is InChI=1S/C12H24N2O2/c1-12(13,11(15)16)7-4-8-14(2)9-10-5-3-6-10/h10H,3-9,13H2,1-2H3,(H,15,16). The second-order valence-electron chi connectivity index (χ2n) is 5.39. The molecule has 0 aromatic heterocycles. The Morgan fingerprint density at radius 3 is 2.62 bits per heavy atom. The molecule has 0 bridgehead atoms. The lowest BCUT2D eigenvalue weighted by Gasteiger charge is -2.30. The highest BCUT2D eigenvalue weighted by molar-refractivity contribution is 5.77. The summed E-state index contributed by atoms with van der Waals surface area (Å²) in [6.07, 6.45) is 5.47. The van der Waals surface area contributed by atoms with Crippen molar-refractivity contribution in [1.82, 2.24) is 4.90 Å². The number of nitrogens with zero attached hydrogens (tertiary/aromatic N) is 1. The summed E-state index contributed by atoms with van der Waals surface area (Å²) in [7, 11) is 2.10. The summed E-state index contributed by atoms with van der Waals surface area (Å²) in [5.74, 6) is -0.0390. The van der Waals surface area contributed by atoms with Gasteiger partial charge in [0.25, 0.3) is 0 Å². The summed E-state index contributed by atoms with van der Waals surface area (Å²) in [6, 6.07) is 0. The van der Waals surface area contributed by atoms with Gasteiger partial charge >= 0.3 is 5.97 Å². The average molecular weight is 228 g/mol. The predicted molar refractivity (Wildman–Crippen MR) is 64.3 cm³/mol. The summed E-state index contributed by atoms with van der Waals surface area (Å²) in [5.41, 5.74) is 4.59. The van der Waals surface area contributed by atoms with Gasteiger partial charge in [0, 0.05) is 6.54 Å². The van der Waals surface area contributed by atoms with Crippen LogP contribution in [0.3, 0.4) is 0 Å². The molecule has 0 aromatic rings. The summed E-state index contributed by atoms with van der Waals surface area (Å²) in [6.45, 7) is 3.67. The maximum atomic E-state index is 10.8. The van der Waals surface area contributed by atoms with Crippen LogP contribution < -0.4 is 5.73 Å². The van der Waals surface area contributed by atoms with Crippen LogP contribution in [0.15, 0.2) is 0 Å². The molecular weight excluding hydrogens is 204 g/mol. The van der Waals surface area contributed by atoms with Crippen LogP contribution in [0, 0.1) is 5.92 Å². The van der Waals surface area contributed by atoms with Gasteiger partial charge in [-0.05, 0) is 52.1 Å². The molecule has 4 nitrogen and oxygen atoms in total. The highest BCUT2D eigenvalue weighted by Crippen LogP contribution is 2.26. The van der Waals surface area contributed by atoms with E-state index in [-0.39, 0.29) is 0 Å². The van der Waals surface area contributed by atoms with E-state index in [2.05, 4.69) is 11.9 Å². The number of hydrogen-bond donors (Lipinski definition) is 2. The average Bonchev–Trinajstić information content (AvgIpc) is 2.11. The first-order chi connectivity index (χ1) is 7.42. The minimum atomic E-state index is -1.07. The van der Waals surface area contributed by atoms with E-state index in [1.54, 1.807) is 6.92 Å². The Bertz CT molecular complexity index is 237. The molecule has 16 heavy (non-hydrogen) atoms. The largest absolute Gasteiger partial charge is 0.480 e. The van der Waals surface area contributed by atoms with Gasteiger partial charge in [-0.1, -0.05) is 6.42 Å². The van der Waals surface area contributed by atoms with Gasteiger partial charge in [-0.2, -0.15) is 0 Å². The second kappa shape index (κ2) is 5.64. The summed E-state index contributed by atoms with van der Waals surface area (Å²) >= 11 is 0. The van der Waals surface area contributed by atoms with Gasteiger partial charge < -0.3 is 15.7 Å². The molecule has 94 valence electrons. The fourth-order valence-electron chi connectivity index (χ4n) is 2.03. The van der Waals surface area contributed by atoms with Crippen molar-refractivity contribution in [2.45, 2.75) is 44.6 Å². The van der Waals surface area contributed by atoms with Crippen molar-refractivity contribution in [2.75, 3.05) is 20.1 Å². The van der Waals surface area contributed by atoms with Crippen molar-refractivity contribution >= 4 is 5.97 Å². The van der Waals surface area contributed by atoms with Gasteiger partial charge in [0.1, 0.15) is 5.54 Å². The topological polar surface area (TPSA) is 66.6 Å². The van der Waals surface area contributed by atoms with E-state index < -0.39 is 11.5 Å². The first-order valence-electron chi connectivity index (χ1n) is 6.12. The maximum absolute atomic E-state index is 10.8. The van der Waals surface area contributed by atoms with E-state index in [9.17, 15) is 4.79 Å². The molecule has 1 unspecified atom stereocenters. The van der Waals surface area contributed by atoms with Crippen LogP contribution in [0.5, 0.6) is 0 Å². The Balaban J connectivity index is 2.11. The highest BCUT2D eigenvalue weighted by Gasteiger charge is 2.27. The predicted octanol–water partition coefficient (Wildman–Crippen LogP) is 1.30. The molecule has 1 rings (SSSR count). The Morgan fingerprint density at radius 1 is 1.56 bits per heavy atom. The molecule has 0 heterocycles. The Hall–Kier alpha value is -0.610. The number of aliphatic carboxylic acids is 1. The maximum Gasteiger partial charge on any atom is 0.323 e. The molecule has 4 heteroatoms. The monoisotopic (exact) mass is 228 g/mol. The minimum Gasteiger partial charge on any atom is -0.480 e. The smallest absolute Gasteiger partial charge is 0.323 e. The molecule has 1 aliphatic rings. The van der Waals surface area contributed by atoms with Crippen LogP contribution in [0.25, 0.3) is 0 Å². The third-order valence-corrected chi connectivity index (χ3v) is 3.52. The van der Waals surface area contributed by atoms with E-state index in [1.165, 1.54) is 19.3 Å². The lowest BCUT2D eigenvalue weighted by molar-refractivity contribution is -0.142. The number of nitrogens with two attached hydrogens (primary N) is 1. The van der Waals surface area contributed by atoms with Gasteiger partial charge in [0.05, 0.1) is 0 Å². The van der Waals surface area contributed by atoms with Gasteiger partial charge in [-0.25, -0.2) is 0 Å². The van der Waals surface area contributed by atoms with Crippen LogP contribution in [0.1, 0.15) is 39.0 Å². The van der Waals surface area contributed by atoms with E-state index in [1.807, 2.05) is 0 Å². The van der Waals surface area contributed by atoms with Crippen molar-refractivity contribution in [2.24, 2.45) is 11.7 Å². The molecule has 1 aliphatic carbocycles. The van der Waals surface area contributed by atoms with Gasteiger partial charge in [0.2, 0.25) is 0 Å². The lowest BCUT2D eigenvalue weighted by atomic mass is 9.85. The normalized spacial score (nSPS) is 20.5. The number of rotatable bonds is 7. The number of carbonyl (C=O) groups is 1. The first-order valence-corrected chi connectivity index (χ1v) is 6.12. The quantitative estimate of drug-likeness (QED) is 0.689. The van der Waals surface area contributed by atoms with Crippen LogP contribution in [-0.4, -0.2) is 41.7 Å². The summed E-state index contributed by atoms with van der Waals surface area (Å²) < 4.78 is 0. The third-order valence-electron chi connectivity index (χ3n) is 3.52. The van der Waals surface area contributed by atoms with Gasteiger partial charge in [-0.3, -0.25) is 4.79 Å². The van der Waals surface area contributed by atoms with Crippen LogP contribution >= 0.6 is 0 Å². The molecule has 1 saturated carbocycles. The fraction of sp³-hybridized carbons (Fsp3) is 0.917. The molecule has 0 amide bonds. The Labute approximate surface area is 97.8 Å². The van der Waals surface area contributed by atoms with E-state index in [4.69, 9.17) is 10.8 Å². The highest BCUT2D eigenvalue weighted by atomic mass is 16.4. The Morgan fingerprint density at radius 2 is 2.19 bits per heavy atom. The SMILES string of the molecule is CN(CCCC(C)(N)C(=O)O)CC1CCC1. The number of carboxylic acids is 1. The van der Waals surface area contributed by atoms with E-state index in [0.717, 1.165) is 25.4 Å². The van der Waals surface area contributed by atoms with Crippen LogP contribution in [0.4, 0.5) is 0 Å². The first kappa shape index (κ1) is 13.5. The van der Waals surface area contributed by atoms with E-state index >= 15 is 0 Å².